The van der Waals surface area contributed by atoms with Crippen LogP contribution in [-0.4, -0.2) is 28.4 Å². The molecule has 2 amide bonds. The number of nitrogens with zero attached hydrogens (tertiary/aromatic N) is 1. The molecule has 0 spiro atoms. The smallest absolute Gasteiger partial charge is 0.258 e. The molecule has 7 heteroatoms. The average molecular weight is 375 g/mol. The van der Waals surface area contributed by atoms with Crippen LogP contribution in [-0.2, 0) is 17.8 Å². The van der Waals surface area contributed by atoms with Crippen LogP contribution in [0.25, 0.3) is 0 Å². The maximum Gasteiger partial charge on any atom is 0.258 e. The molecule has 0 aromatic heterocycles. The normalized spacial score (nSPS) is 13.1. The third kappa shape index (κ3) is 3.55. The zero-order chi connectivity index (χ0) is 18.8. The van der Waals surface area contributed by atoms with E-state index in [4.69, 9.17) is 11.6 Å². The number of aromatic hydroxyl groups is 1. The molecule has 0 bridgehead atoms. The highest BCUT2D eigenvalue weighted by atomic mass is 35.5. The molecule has 134 valence electrons. The highest BCUT2D eigenvalue weighted by molar-refractivity contribution is 6.30. The van der Waals surface area contributed by atoms with Crippen LogP contribution in [0.3, 0.4) is 0 Å². The molecule has 0 saturated carbocycles. The van der Waals surface area contributed by atoms with E-state index >= 15 is 0 Å². The quantitative estimate of drug-likeness (QED) is 0.638. The Morgan fingerprint density at radius 2 is 2.08 bits per heavy atom. The summed E-state index contributed by atoms with van der Waals surface area (Å²) >= 11 is 5.87. The minimum Gasteiger partial charge on any atom is -0.507 e. The number of carbonyl (C=O) groups is 2. The van der Waals surface area contributed by atoms with Crippen LogP contribution in [0.5, 0.6) is 5.75 Å². The molecule has 1 heterocycles. The lowest BCUT2D eigenvalue weighted by Gasteiger charge is -2.29. The van der Waals surface area contributed by atoms with Gasteiger partial charge < -0.3 is 15.3 Å². The third-order valence-corrected chi connectivity index (χ3v) is 4.44. The predicted octanol–water partition coefficient (Wildman–Crippen LogP) is 3.51. The second-order valence-corrected chi connectivity index (χ2v) is 6.36. The summed E-state index contributed by atoms with van der Waals surface area (Å²) in [7, 11) is 0. The number of phenols is 1. The number of rotatable bonds is 3. The van der Waals surface area contributed by atoms with Gasteiger partial charge in [-0.1, -0.05) is 18.2 Å². The summed E-state index contributed by atoms with van der Waals surface area (Å²) in [5.74, 6) is -1.55. The zero-order valence-corrected chi connectivity index (χ0v) is 14.5. The molecular formula is C19H16ClFN2O3. The van der Waals surface area contributed by atoms with Gasteiger partial charge in [-0.15, -0.1) is 0 Å². The SMILES string of the molecule is C=CC(=O)Nc1ccc(O)c(C(=O)N2CCc3cc(Cl)cc(F)c3C2)c1. The van der Waals surface area contributed by atoms with E-state index in [9.17, 15) is 19.1 Å². The van der Waals surface area contributed by atoms with Gasteiger partial charge in [0.05, 0.1) is 5.56 Å². The molecule has 5 nitrogen and oxygen atoms in total. The average Bonchev–Trinajstić information content (AvgIpc) is 2.62. The Balaban J connectivity index is 1.87. The van der Waals surface area contributed by atoms with E-state index < -0.39 is 17.6 Å². The summed E-state index contributed by atoms with van der Waals surface area (Å²) in [5.41, 5.74) is 1.58. The summed E-state index contributed by atoms with van der Waals surface area (Å²) < 4.78 is 14.2. The molecule has 0 atom stereocenters. The van der Waals surface area contributed by atoms with Crippen molar-refractivity contribution in [3.8, 4) is 5.75 Å². The number of amides is 2. The summed E-state index contributed by atoms with van der Waals surface area (Å²) in [4.78, 5) is 25.7. The summed E-state index contributed by atoms with van der Waals surface area (Å²) in [6, 6.07) is 7.10. The van der Waals surface area contributed by atoms with Gasteiger partial charge in [-0.3, -0.25) is 9.59 Å². The molecule has 26 heavy (non-hydrogen) atoms. The lowest BCUT2D eigenvalue weighted by atomic mass is 9.98. The summed E-state index contributed by atoms with van der Waals surface area (Å²) in [6.45, 7) is 3.81. The van der Waals surface area contributed by atoms with Crippen molar-refractivity contribution in [1.29, 1.82) is 0 Å². The number of nitrogens with one attached hydrogen (secondary N) is 1. The zero-order valence-electron chi connectivity index (χ0n) is 13.8. The Morgan fingerprint density at radius 3 is 2.81 bits per heavy atom. The van der Waals surface area contributed by atoms with Gasteiger partial charge in [0.25, 0.3) is 5.91 Å². The highest BCUT2D eigenvalue weighted by Crippen LogP contribution is 2.29. The molecular weight excluding hydrogens is 359 g/mol. The molecule has 1 aliphatic rings. The Kier molecular flexibility index (Phi) is 4.95. The monoisotopic (exact) mass is 374 g/mol. The second-order valence-electron chi connectivity index (χ2n) is 5.93. The summed E-state index contributed by atoms with van der Waals surface area (Å²) in [5, 5.41) is 12.9. The van der Waals surface area contributed by atoms with Crippen LogP contribution in [0.4, 0.5) is 10.1 Å². The van der Waals surface area contributed by atoms with Crippen molar-refractivity contribution in [3.05, 3.63) is 70.5 Å². The van der Waals surface area contributed by atoms with E-state index in [0.29, 0.717) is 29.2 Å². The molecule has 3 rings (SSSR count). The van der Waals surface area contributed by atoms with Crippen molar-refractivity contribution < 1.29 is 19.1 Å². The lowest BCUT2D eigenvalue weighted by molar-refractivity contribution is -0.111. The Morgan fingerprint density at radius 1 is 1.31 bits per heavy atom. The first-order valence-corrected chi connectivity index (χ1v) is 8.29. The van der Waals surface area contributed by atoms with E-state index in [2.05, 4.69) is 11.9 Å². The highest BCUT2D eigenvalue weighted by Gasteiger charge is 2.26. The number of carbonyl (C=O) groups excluding carboxylic acids is 2. The molecule has 2 aromatic carbocycles. The predicted molar refractivity (Wildman–Crippen MR) is 96.8 cm³/mol. The fraction of sp³-hybridized carbons (Fsp3) is 0.158. The van der Waals surface area contributed by atoms with Gasteiger partial charge in [0, 0.05) is 29.4 Å². The van der Waals surface area contributed by atoms with Crippen LogP contribution < -0.4 is 5.32 Å². The number of phenolic OH excluding ortho intramolecular Hbond substituents is 1. The first kappa shape index (κ1) is 17.9. The molecule has 0 aliphatic carbocycles. The molecule has 0 radical (unpaired) electrons. The number of benzene rings is 2. The first-order chi connectivity index (χ1) is 12.4. The molecule has 0 unspecified atom stereocenters. The van der Waals surface area contributed by atoms with Crippen molar-refractivity contribution >= 4 is 29.1 Å². The third-order valence-electron chi connectivity index (χ3n) is 4.22. The van der Waals surface area contributed by atoms with Gasteiger partial charge in [-0.25, -0.2) is 4.39 Å². The topological polar surface area (TPSA) is 69.6 Å². The van der Waals surface area contributed by atoms with E-state index in [1.807, 2.05) is 0 Å². The Labute approximate surface area is 154 Å². The number of hydrogen-bond donors (Lipinski definition) is 2. The van der Waals surface area contributed by atoms with Gasteiger partial charge >= 0.3 is 0 Å². The number of hydrogen-bond acceptors (Lipinski definition) is 3. The van der Waals surface area contributed by atoms with Crippen molar-refractivity contribution in [3.63, 3.8) is 0 Å². The Bertz CT molecular complexity index is 914. The van der Waals surface area contributed by atoms with Gasteiger partial charge in [0.1, 0.15) is 11.6 Å². The minimum atomic E-state index is -0.457. The molecule has 0 saturated heterocycles. The minimum absolute atomic E-state index is 0.0321. The van der Waals surface area contributed by atoms with Gasteiger partial charge in [0.2, 0.25) is 5.91 Å². The van der Waals surface area contributed by atoms with E-state index in [-0.39, 0.29) is 17.9 Å². The van der Waals surface area contributed by atoms with Crippen LogP contribution in [0, 0.1) is 5.82 Å². The number of fused-ring (bicyclic) bond motifs is 1. The molecule has 2 N–H and O–H groups in total. The fourth-order valence-electron chi connectivity index (χ4n) is 2.90. The lowest BCUT2D eigenvalue weighted by Crippen LogP contribution is -2.36. The number of anilines is 1. The molecule has 1 aliphatic heterocycles. The number of halogens is 2. The van der Waals surface area contributed by atoms with E-state index in [1.165, 1.54) is 29.2 Å². The van der Waals surface area contributed by atoms with Crippen LogP contribution >= 0.6 is 11.6 Å². The largest absolute Gasteiger partial charge is 0.507 e. The maximum atomic E-state index is 14.2. The van der Waals surface area contributed by atoms with Gasteiger partial charge in [0.15, 0.2) is 0 Å². The van der Waals surface area contributed by atoms with Gasteiger partial charge in [-0.2, -0.15) is 0 Å². The van der Waals surface area contributed by atoms with E-state index in [1.54, 1.807) is 6.07 Å². The van der Waals surface area contributed by atoms with Crippen molar-refractivity contribution in [2.45, 2.75) is 13.0 Å². The van der Waals surface area contributed by atoms with E-state index in [0.717, 1.165) is 11.6 Å². The standard InChI is InChI=1S/C19H16ClFN2O3/c1-2-18(25)22-13-3-4-17(24)14(9-13)19(26)23-6-5-11-7-12(20)8-16(21)15(11)10-23/h2-4,7-9,24H,1,5-6,10H2,(H,22,25). The van der Waals surface area contributed by atoms with Crippen LogP contribution in [0.2, 0.25) is 5.02 Å². The molecule has 0 fully saturated rings. The summed E-state index contributed by atoms with van der Waals surface area (Å²) in [6.07, 6.45) is 1.57. The fourth-order valence-corrected chi connectivity index (χ4v) is 3.13. The molecule has 2 aromatic rings. The second kappa shape index (κ2) is 7.17. The Hall–Kier alpha value is -2.86. The first-order valence-electron chi connectivity index (χ1n) is 7.91. The van der Waals surface area contributed by atoms with Gasteiger partial charge in [-0.05, 0) is 48.4 Å². The van der Waals surface area contributed by atoms with Crippen molar-refractivity contribution in [2.24, 2.45) is 0 Å². The van der Waals surface area contributed by atoms with Crippen molar-refractivity contribution in [2.75, 3.05) is 11.9 Å². The maximum absolute atomic E-state index is 14.2. The van der Waals surface area contributed by atoms with Crippen LogP contribution in [0.15, 0.2) is 43.0 Å². The van der Waals surface area contributed by atoms with Crippen molar-refractivity contribution in [1.82, 2.24) is 4.90 Å². The van der Waals surface area contributed by atoms with Crippen LogP contribution in [0.1, 0.15) is 21.5 Å².